The van der Waals surface area contributed by atoms with Crippen molar-refractivity contribution in [1.29, 1.82) is 0 Å². The van der Waals surface area contributed by atoms with E-state index in [1.807, 2.05) is 39.2 Å². The molecular formula is C14H22N2O2. The van der Waals surface area contributed by atoms with Gasteiger partial charge in [-0.1, -0.05) is 19.1 Å². The van der Waals surface area contributed by atoms with Crippen LogP contribution in [0.15, 0.2) is 24.3 Å². The lowest BCUT2D eigenvalue weighted by molar-refractivity contribution is 0.200. The van der Waals surface area contributed by atoms with E-state index in [4.69, 9.17) is 4.74 Å². The molecule has 1 aromatic carbocycles. The number of rotatable bonds is 5. The van der Waals surface area contributed by atoms with E-state index in [2.05, 4.69) is 17.1 Å². The second kappa shape index (κ2) is 7.01. The van der Waals surface area contributed by atoms with Crippen LogP contribution < -0.4 is 10.1 Å². The molecule has 4 heteroatoms. The van der Waals surface area contributed by atoms with Crippen LogP contribution in [0, 0.1) is 0 Å². The van der Waals surface area contributed by atoms with Gasteiger partial charge in [0.25, 0.3) is 0 Å². The minimum absolute atomic E-state index is 0.284. The zero-order valence-corrected chi connectivity index (χ0v) is 11.6. The fraction of sp³-hybridized carbons (Fsp3) is 0.500. The van der Waals surface area contributed by atoms with Crippen LogP contribution in [0.4, 0.5) is 4.79 Å². The first kappa shape index (κ1) is 14.5. The second-order valence-corrected chi connectivity index (χ2v) is 4.53. The van der Waals surface area contributed by atoms with E-state index in [-0.39, 0.29) is 6.04 Å². The van der Waals surface area contributed by atoms with E-state index in [0.29, 0.717) is 12.3 Å². The monoisotopic (exact) mass is 250 g/mol. The Bertz CT molecular complexity index is 391. The third-order valence-corrected chi connectivity index (χ3v) is 2.84. The molecule has 1 atom stereocenters. The van der Waals surface area contributed by atoms with Crippen LogP contribution in [0.5, 0.6) is 5.75 Å². The van der Waals surface area contributed by atoms with E-state index in [0.717, 1.165) is 12.0 Å². The van der Waals surface area contributed by atoms with Gasteiger partial charge in [-0.15, -0.1) is 0 Å². The molecule has 0 aliphatic rings. The summed E-state index contributed by atoms with van der Waals surface area (Å²) in [5.74, 6) is 0.579. The van der Waals surface area contributed by atoms with Crippen molar-refractivity contribution >= 4 is 6.09 Å². The van der Waals surface area contributed by atoms with Crippen LogP contribution in [0.3, 0.4) is 0 Å². The Kier molecular flexibility index (Phi) is 5.65. The molecule has 0 bridgehead atoms. The highest BCUT2D eigenvalue weighted by molar-refractivity contribution is 5.70. The third kappa shape index (κ3) is 4.37. The van der Waals surface area contributed by atoms with Crippen LogP contribution in [-0.4, -0.2) is 31.6 Å². The predicted octanol–water partition coefficient (Wildman–Crippen LogP) is 2.81. The molecule has 1 unspecified atom stereocenters. The molecule has 0 aromatic heterocycles. The van der Waals surface area contributed by atoms with Gasteiger partial charge in [0, 0.05) is 12.6 Å². The number of ether oxygens (including phenoxy) is 1. The van der Waals surface area contributed by atoms with Crippen LogP contribution in [0.25, 0.3) is 0 Å². The molecule has 4 nitrogen and oxygen atoms in total. The molecule has 0 aliphatic heterocycles. The van der Waals surface area contributed by atoms with Crippen molar-refractivity contribution in [2.45, 2.75) is 26.3 Å². The molecule has 0 radical (unpaired) electrons. The van der Waals surface area contributed by atoms with Crippen molar-refractivity contribution in [2.75, 3.05) is 20.6 Å². The predicted molar refractivity (Wildman–Crippen MR) is 72.9 cm³/mol. The van der Waals surface area contributed by atoms with E-state index >= 15 is 0 Å². The van der Waals surface area contributed by atoms with E-state index in [1.54, 1.807) is 6.07 Å². The van der Waals surface area contributed by atoms with Crippen molar-refractivity contribution < 1.29 is 9.53 Å². The Hall–Kier alpha value is -1.55. The zero-order valence-electron chi connectivity index (χ0n) is 11.6. The summed E-state index contributed by atoms with van der Waals surface area (Å²) in [6.45, 7) is 4.74. The first-order valence-corrected chi connectivity index (χ1v) is 6.26. The molecule has 0 saturated carbocycles. The molecule has 18 heavy (non-hydrogen) atoms. The molecule has 1 N–H and O–H groups in total. The van der Waals surface area contributed by atoms with Crippen LogP contribution in [0.1, 0.15) is 31.9 Å². The maximum Gasteiger partial charge on any atom is 0.412 e. The number of hydrogen-bond acceptors (Lipinski definition) is 3. The van der Waals surface area contributed by atoms with Gasteiger partial charge in [-0.05, 0) is 45.1 Å². The molecule has 0 saturated heterocycles. The highest BCUT2D eigenvalue weighted by Gasteiger charge is 2.09. The first-order valence-electron chi connectivity index (χ1n) is 6.26. The topological polar surface area (TPSA) is 41.6 Å². The maximum absolute atomic E-state index is 11.4. The van der Waals surface area contributed by atoms with Gasteiger partial charge in [-0.25, -0.2) is 4.79 Å². The number of hydrogen-bond donors (Lipinski definition) is 1. The van der Waals surface area contributed by atoms with Crippen molar-refractivity contribution in [3.63, 3.8) is 0 Å². The number of carbonyl (C=O) groups excluding carboxylic acids is 1. The summed E-state index contributed by atoms with van der Waals surface area (Å²) in [7, 11) is 4.04. The Morgan fingerprint density at radius 1 is 1.44 bits per heavy atom. The Morgan fingerprint density at radius 2 is 2.17 bits per heavy atom. The summed E-state index contributed by atoms with van der Waals surface area (Å²) in [6.07, 6.45) is 0.499. The van der Waals surface area contributed by atoms with Gasteiger partial charge in [0.1, 0.15) is 5.75 Å². The molecule has 1 amide bonds. The Morgan fingerprint density at radius 3 is 2.78 bits per heavy atom. The number of nitrogens with zero attached hydrogens (tertiary/aromatic N) is 1. The molecular weight excluding hydrogens is 228 g/mol. The van der Waals surface area contributed by atoms with Crippen molar-refractivity contribution in [3.8, 4) is 5.75 Å². The second-order valence-electron chi connectivity index (χ2n) is 4.53. The standard InChI is InChI=1S/C14H22N2O2/c1-5-9-15-14(17)18-13-8-6-7-12(10-13)11(2)16(3)4/h6-8,10-11H,5,9H2,1-4H3,(H,15,17). The average Bonchev–Trinajstić information content (AvgIpc) is 2.35. The molecule has 1 rings (SSSR count). The third-order valence-electron chi connectivity index (χ3n) is 2.84. The van der Waals surface area contributed by atoms with Gasteiger partial charge >= 0.3 is 6.09 Å². The lowest BCUT2D eigenvalue weighted by Crippen LogP contribution is -2.27. The number of amides is 1. The molecule has 1 aromatic rings. The lowest BCUT2D eigenvalue weighted by atomic mass is 10.1. The van der Waals surface area contributed by atoms with Crippen molar-refractivity contribution in [1.82, 2.24) is 10.2 Å². The largest absolute Gasteiger partial charge is 0.412 e. The minimum Gasteiger partial charge on any atom is -0.410 e. The van der Waals surface area contributed by atoms with Crippen LogP contribution >= 0.6 is 0 Å². The number of benzene rings is 1. The van der Waals surface area contributed by atoms with E-state index in [9.17, 15) is 4.79 Å². The maximum atomic E-state index is 11.4. The van der Waals surface area contributed by atoms with Gasteiger partial charge in [0.05, 0.1) is 0 Å². The lowest BCUT2D eigenvalue weighted by Gasteiger charge is -2.20. The van der Waals surface area contributed by atoms with Crippen LogP contribution in [-0.2, 0) is 0 Å². The molecule has 0 aliphatic carbocycles. The highest BCUT2D eigenvalue weighted by Crippen LogP contribution is 2.22. The van der Waals surface area contributed by atoms with Gasteiger partial charge in [0.15, 0.2) is 0 Å². The van der Waals surface area contributed by atoms with Crippen molar-refractivity contribution in [3.05, 3.63) is 29.8 Å². The molecule has 0 fully saturated rings. The molecule has 0 spiro atoms. The Labute approximate surface area is 109 Å². The van der Waals surface area contributed by atoms with Gasteiger partial charge in [-0.2, -0.15) is 0 Å². The highest BCUT2D eigenvalue weighted by atomic mass is 16.6. The summed E-state index contributed by atoms with van der Waals surface area (Å²) < 4.78 is 5.22. The normalized spacial score (nSPS) is 12.3. The van der Waals surface area contributed by atoms with Crippen LogP contribution in [0.2, 0.25) is 0 Å². The summed E-state index contributed by atoms with van der Waals surface area (Å²) in [5, 5.41) is 2.68. The summed E-state index contributed by atoms with van der Waals surface area (Å²) in [5.41, 5.74) is 1.13. The fourth-order valence-electron chi connectivity index (χ4n) is 1.51. The van der Waals surface area contributed by atoms with Gasteiger partial charge in [-0.3, -0.25) is 0 Å². The number of carbonyl (C=O) groups is 1. The van der Waals surface area contributed by atoms with E-state index < -0.39 is 6.09 Å². The quantitative estimate of drug-likeness (QED) is 0.873. The fourth-order valence-corrected chi connectivity index (χ4v) is 1.51. The zero-order chi connectivity index (χ0) is 13.5. The number of nitrogens with one attached hydrogen (secondary N) is 1. The summed E-state index contributed by atoms with van der Waals surface area (Å²) in [6, 6.07) is 7.90. The molecule has 0 heterocycles. The summed E-state index contributed by atoms with van der Waals surface area (Å²) in [4.78, 5) is 13.6. The smallest absolute Gasteiger partial charge is 0.410 e. The first-order chi connectivity index (χ1) is 8.54. The molecule has 100 valence electrons. The summed E-state index contributed by atoms with van der Waals surface area (Å²) >= 11 is 0. The minimum atomic E-state index is -0.397. The van der Waals surface area contributed by atoms with E-state index in [1.165, 1.54) is 0 Å². The van der Waals surface area contributed by atoms with Gasteiger partial charge < -0.3 is 15.0 Å². The average molecular weight is 250 g/mol. The van der Waals surface area contributed by atoms with Crippen molar-refractivity contribution in [2.24, 2.45) is 0 Å². The van der Waals surface area contributed by atoms with Gasteiger partial charge in [0.2, 0.25) is 0 Å². The Balaban J connectivity index is 2.67. The SMILES string of the molecule is CCCNC(=O)Oc1cccc(C(C)N(C)C)c1.